The van der Waals surface area contributed by atoms with Crippen LogP contribution < -0.4 is 0 Å². The van der Waals surface area contributed by atoms with E-state index >= 15 is 0 Å². The van der Waals surface area contributed by atoms with Gasteiger partial charge < -0.3 is 0 Å². The highest BCUT2D eigenvalue weighted by Crippen LogP contribution is 2.33. The minimum atomic E-state index is -0.547. The van der Waals surface area contributed by atoms with Gasteiger partial charge in [0.25, 0.3) is 0 Å². The highest BCUT2D eigenvalue weighted by molar-refractivity contribution is 9.10. The third-order valence-electron chi connectivity index (χ3n) is 3.28. The Morgan fingerprint density at radius 3 is 2.40 bits per heavy atom. The molecule has 0 aliphatic heterocycles. The van der Waals surface area contributed by atoms with Crippen LogP contribution in [0, 0.1) is 17.6 Å². The van der Waals surface area contributed by atoms with Crippen LogP contribution in [0.1, 0.15) is 23.4 Å². The fraction of sp³-hybridized carbons (Fsp3) is 0.250. The van der Waals surface area contributed by atoms with Gasteiger partial charge in [-0.15, -0.1) is 11.6 Å². The molecule has 2 aromatic carbocycles. The van der Waals surface area contributed by atoms with Gasteiger partial charge in [-0.3, -0.25) is 0 Å². The summed E-state index contributed by atoms with van der Waals surface area (Å²) in [6.07, 6.45) is 0.250. The fourth-order valence-electron chi connectivity index (χ4n) is 2.15. The van der Waals surface area contributed by atoms with E-state index in [0.717, 1.165) is 5.56 Å². The first-order valence-electron chi connectivity index (χ1n) is 6.32. The maximum absolute atomic E-state index is 14.0. The second-order valence-corrected chi connectivity index (χ2v) is 6.14. The normalized spacial score (nSPS) is 14.1. The first-order chi connectivity index (χ1) is 9.50. The van der Waals surface area contributed by atoms with Crippen molar-refractivity contribution in [3.8, 4) is 0 Å². The highest BCUT2D eigenvalue weighted by Gasteiger charge is 2.21. The zero-order valence-electron chi connectivity index (χ0n) is 10.9. The Labute approximate surface area is 130 Å². The molecule has 0 aromatic heterocycles. The number of rotatable bonds is 4. The van der Waals surface area contributed by atoms with E-state index in [4.69, 9.17) is 11.6 Å². The molecule has 2 rings (SSSR count). The molecule has 0 bridgehead atoms. The van der Waals surface area contributed by atoms with Crippen molar-refractivity contribution in [2.75, 3.05) is 0 Å². The number of hydrogen-bond donors (Lipinski definition) is 0. The quantitative estimate of drug-likeness (QED) is 0.472. The molecule has 0 saturated carbocycles. The fourth-order valence-corrected chi connectivity index (χ4v) is 2.75. The molecule has 0 N–H and O–H groups in total. The van der Waals surface area contributed by atoms with Crippen molar-refractivity contribution in [3.05, 3.63) is 69.7 Å². The predicted molar refractivity (Wildman–Crippen MR) is 82.0 cm³/mol. The van der Waals surface area contributed by atoms with Gasteiger partial charge in [0, 0.05) is 5.56 Å². The van der Waals surface area contributed by atoms with E-state index in [-0.39, 0.29) is 27.8 Å². The maximum atomic E-state index is 14.0. The van der Waals surface area contributed by atoms with Crippen molar-refractivity contribution < 1.29 is 8.78 Å². The molecule has 0 saturated heterocycles. The van der Waals surface area contributed by atoms with Crippen molar-refractivity contribution in [1.29, 1.82) is 0 Å². The Morgan fingerprint density at radius 1 is 1.10 bits per heavy atom. The molecule has 2 aromatic rings. The molecule has 0 fully saturated rings. The summed E-state index contributed by atoms with van der Waals surface area (Å²) in [4.78, 5) is 0. The lowest BCUT2D eigenvalue weighted by Crippen LogP contribution is -2.10. The third-order valence-corrected chi connectivity index (χ3v) is 4.58. The van der Waals surface area contributed by atoms with E-state index in [9.17, 15) is 8.78 Å². The van der Waals surface area contributed by atoms with Crippen LogP contribution in [-0.2, 0) is 6.42 Å². The summed E-state index contributed by atoms with van der Waals surface area (Å²) in [7, 11) is 0. The first-order valence-corrected chi connectivity index (χ1v) is 7.55. The van der Waals surface area contributed by atoms with Crippen LogP contribution in [0.4, 0.5) is 8.78 Å². The van der Waals surface area contributed by atoms with Gasteiger partial charge in [0.05, 0.1) is 9.85 Å². The SMILES string of the molecule is CC(Cc1c(F)ccc(Br)c1F)C(Cl)c1ccccc1. The number of benzene rings is 2. The van der Waals surface area contributed by atoms with Crippen molar-refractivity contribution >= 4 is 27.5 Å². The summed E-state index contributed by atoms with van der Waals surface area (Å²) < 4.78 is 28.0. The van der Waals surface area contributed by atoms with E-state index in [1.54, 1.807) is 0 Å². The maximum Gasteiger partial charge on any atom is 0.143 e. The molecule has 0 radical (unpaired) electrons. The summed E-state index contributed by atoms with van der Waals surface area (Å²) in [5.74, 6) is -1.17. The van der Waals surface area contributed by atoms with E-state index in [2.05, 4.69) is 15.9 Å². The van der Waals surface area contributed by atoms with Gasteiger partial charge in [0.1, 0.15) is 11.6 Å². The molecule has 0 spiro atoms. The van der Waals surface area contributed by atoms with Gasteiger partial charge in [0.15, 0.2) is 0 Å². The average Bonchev–Trinajstić information content (AvgIpc) is 2.47. The van der Waals surface area contributed by atoms with Crippen molar-refractivity contribution in [2.24, 2.45) is 5.92 Å². The summed E-state index contributed by atoms with van der Waals surface area (Å²) in [6.45, 7) is 1.89. The Morgan fingerprint density at radius 2 is 1.75 bits per heavy atom. The van der Waals surface area contributed by atoms with Crippen LogP contribution in [0.15, 0.2) is 46.9 Å². The molecular formula is C16H14BrClF2. The smallest absolute Gasteiger partial charge is 0.143 e. The van der Waals surface area contributed by atoms with Gasteiger partial charge in [-0.2, -0.15) is 0 Å². The first kappa shape index (κ1) is 15.5. The number of alkyl halides is 1. The predicted octanol–water partition coefficient (Wildman–Crippen LogP) is 5.89. The Hall–Kier alpha value is -0.930. The molecule has 2 unspecified atom stereocenters. The second-order valence-electron chi connectivity index (χ2n) is 4.82. The lowest BCUT2D eigenvalue weighted by atomic mass is 9.93. The number of hydrogen-bond acceptors (Lipinski definition) is 0. The molecular weight excluding hydrogens is 346 g/mol. The number of halogens is 4. The summed E-state index contributed by atoms with van der Waals surface area (Å²) >= 11 is 9.47. The molecule has 0 heterocycles. The molecule has 0 amide bonds. The lowest BCUT2D eigenvalue weighted by molar-refractivity contribution is 0.495. The van der Waals surface area contributed by atoms with E-state index in [1.165, 1.54) is 12.1 Å². The minimum absolute atomic E-state index is 0.0773. The standard InChI is InChI=1S/C16H14BrClF2/c1-10(15(18)11-5-3-2-4-6-11)9-12-14(19)8-7-13(17)16(12)20/h2-8,10,15H,9H2,1H3. The highest BCUT2D eigenvalue weighted by atomic mass is 79.9. The van der Waals surface area contributed by atoms with Gasteiger partial charge in [-0.25, -0.2) is 8.78 Å². The molecule has 4 heteroatoms. The summed E-state index contributed by atoms with van der Waals surface area (Å²) in [6, 6.07) is 12.2. The van der Waals surface area contributed by atoms with Crippen molar-refractivity contribution in [3.63, 3.8) is 0 Å². The Bertz CT molecular complexity index is 587. The zero-order valence-corrected chi connectivity index (χ0v) is 13.3. The Balaban J connectivity index is 2.20. The van der Waals surface area contributed by atoms with Crippen LogP contribution in [0.25, 0.3) is 0 Å². The largest absolute Gasteiger partial charge is 0.207 e. The van der Waals surface area contributed by atoms with Crippen molar-refractivity contribution in [1.82, 2.24) is 0 Å². The third kappa shape index (κ3) is 3.39. The molecule has 20 heavy (non-hydrogen) atoms. The van der Waals surface area contributed by atoms with Crippen molar-refractivity contribution in [2.45, 2.75) is 18.7 Å². The summed E-state index contributed by atoms with van der Waals surface area (Å²) in [5, 5.41) is -0.283. The molecule has 106 valence electrons. The summed E-state index contributed by atoms with van der Waals surface area (Å²) in [5.41, 5.74) is 1.03. The lowest BCUT2D eigenvalue weighted by Gasteiger charge is -2.19. The van der Waals surface area contributed by atoms with E-state index < -0.39 is 11.6 Å². The van der Waals surface area contributed by atoms with Gasteiger partial charge in [0.2, 0.25) is 0 Å². The van der Waals surface area contributed by atoms with Gasteiger partial charge in [-0.05, 0) is 46.0 Å². The van der Waals surface area contributed by atoms with Gasteiger partial charge in [-0.1, -0.05) is 37.3 Å². The Kier molecular flexibility index (Phi) is 5.17. The molecule has 0 aliphatic rings. The van der Waals surface area contributed by atoms with E-state index in [0.29, 0.717) is 0 Å². The molecule has 0 nitrogen and oxygen atoms in total. The second kappa shape index (κ2) is 6.68. The van der Waals surface area contributed by atoms with Crippen LogP contribution in [0.2, 0.25) is 0 Å². The van der Waals surface area contributed by atoms with E-state index in [1.807, 2.05) is 37.3 Å². The molecule has 0 aliphatic carbocycles. The van der Waals surface area contributed by atoms with Gasteiger partial charge >= 0.3 is 0 Å². The average molecular weight is 360 g/mol. The minimum Gasteiger partial charge on any atom is -0.207 e. The topological polar surface area (TPSA) is 0 Å². The van der Waals surface area contributed by atoms with Crippen LogP contribution >= 0.6 is 27.5 Å². The zero-order chi connectivity index (χ0) is 14.7. The van der Waals surface area contributed by atoms with Crippen LogP contribution in [-0.4, -0.2) is 0 Å². The van der Waals surface area contributed by atoms with Crippen LogP contribution in [0.3, 0.4) is 0 Å². The van der Waals surface area contributed by atoms with Crippen LogP contribution in [0.5, 0.6) is 0 Å². The molecule has 2 atom stereocenters. The monoisotopic (exact) mass is 358 g/mol.